The minimum absolute atomic E-state index is 0.0136. The van der Waals surface area contributed by atoms with Crippen molar-refractivity contribution >= 4 is 17.9 Å². The van der Waals surface area contributed by atoms with Gasteiger partial charge < -0.3 is 10.6 Å². The van der Waals surface area contributed by atoms with Gasteiger partial charge >= 0.3 is 0 Å². The van der Waals surface area contributed by atoms with Gasteiger partial charge in [-0.1, -0.05) is 18.2 Å². The number of primary amides is 1. The molecule has 24 heavy (non-hydrogen) atoms. The molecule has 1 aliphatic heterocycles. The Bertz CT molecular complexity index is 754. The lowest BCUT2D eigenvalue weighted by molar-refractivity contribution is -0.126. The highest BCUT2D eigenvalue weighted by molar-refractivity contribution is 5.94. The van der Waals surface area contributed by atoms with Crippen molar-refractivity contribution in [2.75, 3.05) is 6.54 Å². The highest BCUT2D eigenvalue weighted by Gasteiger charge is 2.28. The van der Waals surface area contributed by atoms with Crippen molar-refractivity contribution in [1.82, 2.24) is 9.88 Å². The molecule has 1 aromatic heterocycles. The predicted molar refractivity (Wildman–Crippen MR) is 91.9 cm³/mol. The van der Waals surface area contributed by atoms with Gasteiger partial charge in [-0.3, -0.25) is 14.6 Å². The number of nitrogens with zero attached hydrogens (tertiary/aromatic N) is 2. The predicted octanol–water partition coefficient (Wildman–Crippen LogP) is 2.56. The summed E-state index contributed by atoms with van der Waals surface area (Å²) in [5.74, 6) is -0.474. The lowest BCUT2D eigenvalue weighted by Gasteiger charge is -2.23. The zero-order valence-corrected chi connectivity index (χ0v) is 13.3. The van der Waals surface area contributed by atoms with Gasteiger partial charge in [0.25, 0.3) is 0 Å². The third-order valence-electron chi connectivity index (χ3n) is 4.22. The molecule has 2 aromatic rings. The van der Waals surface area contributed by atoms with Crippen LogP contribution in [0.25, 0.3) is 6.08 Å². The summed E-state index contributed by atoms with van der Waals surface area (Å²) in [5, 5.41) is 0. The summed E-state index contributed by atoms with van der Waals surface area (Å²) in [5.41, 5.74) is 7.59. The Labute approximate surface area is 140 Å². The van der Waals surface area contributed by atoms with Crippen LogP contribution in [-0.2, 0) is 4.79 Å². The fraction of sp³-hybridized carbons (Fsp3) is 0.211. The van der Waals surface area contributed by atoms with Gasteiger partial charge in [0.1, 0.15) is 0 Å². The zero-order chi connectivity index (χ0) is 16.9. The Kier molecular flexibility index (Phi) is 4.70. The van der Waals surface area contributed by atoms with Crippen LogP contribution in [0, 0.1) is 0 Å². The highest BCUT2D eigenvalue weighted by atomic mass is 16.2. The second-order valence-corrected chi connectivity index (χ2v) is 5.80. The quantitative estimate of drug-likeness (QED) is 0.879. The SMILES string of the molecule is NC(=O)c1ccc(C=CC(=O)N2CCCC2c2cccnc2)cc1. The van der Waals surface area contributed by atoms with Crippen molar-refractivity contribution in [2.24, 2.45) is 5.73 Å². The summed E-state index contributed by atoms with van der Waals surface area (Å²) in [6, 6.07) is 10.8. The molecule has 0 radical (unpaired) electrons. The molecule has 5 nitrogen and oxygen atoms in total. The molecule has 1 fully saturated rings. The Balaban J connectivity index is 1.70. The van der Waals surface area contributed by atoms with Crippen molar-refractivity contribution < 1.29 is 9.59 Å². The normalized spacial score (nSPS) is 17.3. The molecule has 1 saturated heterocycles. The summed E-state index contributed by atoms with van der Waals surface area (Å²) < 4.78 is 0. The molecule has 5 heteroatoms. The molecule has 2 heterocycles. The van der Waals surface area contributed by atoms with Crippen molar-refractivity contribution in [3.8, 4) is 0 Å². The van der Waals surface area contributed by atoms with Gasteiger partial charge in [0.05, 0.1) is 6.04 Å². The number of pyridine rings is 1. The first-order valence-corrected chi connectivity index (χ1v) is 7.93. The summed E-state index contributed by atoms with van der Waals surface area (Å²) >= 11 is 0. The Morgan fingerprint density at radius 2 is 2.00 bits per heavy atom. The number of rotatable bonds is 4. The fourth-order valence-corrected chi connectivity index (χ4v) is 2.97. The molecule has 0 spiro atoms. The van der Waals surface area contributed by atoms with Crippen molar-refractivity contribution in [1.29, 1.82) is 0 Å². The average molecular weight is 321 g/mol. The maximum atomic E-state index is 12.5. The number of aromatic nitrogens is 1. The van der Waals surface area contributed by atoms with E-state index in [0.29, 0.717) is 5.56 Å². The van der Waals surface area contributed by atoms with Crippen LogP contribution < -0.4 is 5.73 Å². The van der Waals surface area contributed by atoms with Crippen molar-refractivity contribution in [2.45, 2.75) is 18.9 Å². The summed E-state index contributed by atoms with van der Waals surface area (Å²) in [6.07, 6.45) is 8.84. The van der Waals surface area contributed by atoms with Crippen molar-refractivity contribution in [3.05, 3.63) is 71.6 Å². The van der Waals surface area contributed by atoms with Crippen LogP contribution >= 0.6 is 0 Å². The molecule has 0 saturated carbocycles. The van der Waals surface area contributed by atoms with Gasteiger partial charge in [0.15, 0.2) is 0 Å². The number of carbonyl (C=O) groups excluding carboxylic acids is 2. The number of hydrogen-bond donors (Lipinski definition) is 1. The largest absolute Gasteiger partial charge is 0.366 e. The van der Waals surface area contributed by atoms with E-state index in [1.807, 2.05) is 23.2 Å². The molecule has 2 amide bonds. The average Bonchev–Trinajstić information content (AvgIpc) is 3.10. The minimum atomic E-state index is -0.460. The first-order chi connectivity index (χ1) is 11.6. The van der Waals surface area contributed by atoms with Crippen LogP contribution in [0.3, 0.4) is 0 Å². The molecule has 0 aliphatic carbocycles. The molecule has 1 aliphatic rings. The van der Waals surface area contributed by atoms with Crippen LogP contribution in [0.1, 0.15) is 40.4 Å². The Morgan fingerprint density at radius 3 is 2.67 bits per heavy atom. The third-order valence-corrected chi connectivity index (χ3v) is 4.22. The van der Waals surface area contributed by atoms with E-state index >= 15 is 0 Å². The molecule has 1 atom stereocenters. The lowest BCUT2D eigenvalue weighted by Crippen LogP contribution is -2.28. The fourth-order valence-electron chi connectivity index (χ4n) is 2.97. The van der Waals surface area contributed by atoms with Gasteiger partial charge in [-0.15, -0.1) is 0 Å². The van der Waals surface area contributed by atoms with E-state index in [-0.39, 0.29) is 11.9 Å². The highest BCUT2D eigenvalue weighted by Crippen LogP contribution is 2.31. The van der Waals surface area contributed by atoms with Crippen LogP contribution in [0.5, 0.6) is 0 Å². The van der Waals surface area contributed by atoms with Gasteiger partial charge in [0.2, 0.25) is 11.8 Å². The summed E-state index contributed by atoms with van der Waals surface area (Å²) in [4.78, 5) is 29.6. The van der Waals surface area contributed by atoms with Crippen LogP contribution in [0.4, 0.5) is 0 Å². The monoisotopic (exact) mass is 321 g/mol. The van der Waals surface area contributed by atoms with E-state index in [2.05, 4.69) is 4.98 Å². The van der Waals surface area contributed by atoms with E-state index in [1.54, 1.807) is 42.6 Å². The molecule has 0 bridgehead atoms. The Morgan fingerprint density at radius 1 is 1.21 bits per heavy atom. The third kappa shape index (κ3) is 3.51. The molecule has 2 N–H and O–H groups in total. The van der Waals surface area contributed by atoms with Gasteiger partial charge in [-0.2, -0.15) is 0 Å². The second-order valence-electron chi connectivity index (χ2n) is 5.80. The minimum Gasteiger partial charge on any atom is -0.366 e. The van der Waals surface area contributed by atoms with Gasteiger partial charge in [0, 0.05) is 30.6 Å². The number of carbonyl (C=O) groups is 2. The standard InChI is InChI=1S/C19H19N3O2/c20-19(24)15-8-5-14(6-9-15)7-10-18(23)22-12-2-4-17(22)16-3-1-11-21-13-16/h1,3,5-11,13,17H,2,4,12H2,(H2,20,24). The maximum absolute atomic E-state index is 12.5. The number of amides is 2. The topological polar surface area (TPSA) is 76.3 Å². The zero-order valence-electron chi connectivity index (χ0n) is 13.3. The van der Waals surface area contributed by atoms with Crippen LogP contribution in [-0.4, -0.2) is 28.2 Å². The second kappa shape index (κ2) is 7.08. The van der Waals surface area contributed by atoms with E-state index < -0.39 is 5.91 Å². The summed E-state index contributed by atoms with van der Waals surface area (Å²) in [7, 11) is 0. The number of nitrogens with two attached hydrogens (primary N) is 1. The molecular formula is C19H19N3O2. The first-order valence-electron chi connectivity index (χ1n) is 7.93. The lowest BCUT2D eigenvalue weighted by atomic mass is 10.1. The molecular weight excluding hydrogens is 302 g/mol. The number of likely N-dealkylation sites (tertiary alicyclic amines) is 1. The molecule has 1 unspecified atom stereocenters. The van der Waals surface area contributed by atoms with E-state index in [0.717, 1.165) is 30.5 Å². The first kappa shape index (κ1) is 15.9. The van der Waals surface area contributed by atoms with Crippen LogP contribution in [0.2, 0.25) is 0 Å². The Hall–Kier alpha value is -2.95. The maximum Gasteiger partial charge on any atom is 0.248 e. The van der Waals surface area contributed by atoms with E-state index in [9.17, 15) is 9.59 Å². The smallest absolute Gasteiger partial charge is 0.248 e. The summed E-state index contributed by atoms with van der Waals surface area (Å²) in [6.45, 7) is 0.753. The number of benzene rings is 1. The van der Waals surface area contributed by atoms with Crippen LogP contribution in [0.15, 0.2) is 54.9 Å². The molecule has 3 rings (SSSR count). The van der Waals surface area contributed by atoms with Gasteiger partial charge in [-0.25, -0.2) is 0 Å². The van der Waals surface area contributed by atoms with Gasteiger partial charge in [-0.05, 0) is 48.2 Å². The van der Waals surface area contributed by atoms with E-state index in [1.165, 1.54) is 0 Å². The molecule has 122 valence electrons. The number of hydrogen-bond acceptors (Lipinski definition) is 3. The molecule has 1 aromatic carbocycles. The van der Waals surface area contributed by atoms with E-state index in [4.69, 9.17) is 5.73 Å². The van der Waals surface area contributed by atoms with Crippen molar-refractivity contribution in [3.63, 3.8) is 0 Å².